The van der Waals surface area contributed by atoms with Crippen molar-refractivity contribution in [2.45, 2.75) is 19.5 Å². The molecule has 152 valence electrons. The number of carbonyl (C=O) groups is 1. The Balaban J connectivity index is 1.67. The van der Waals surface area contributed by atoms with Gasteiger partial charge in [-0.3, -0.25) is 9.36 Å². The summed E-state index contributed by atoms with van der Waals surface area (Å²) >= 11 is 0. The molecule has 0 aliphatic rings. The molecular weight excluding hydrogens is 380 g/mol. The Hall–Kier alpha value is -3.87. The Morgan fingerprint density at radius 2 is 1.80 bits per heavy atom. The van der Waals surface area contributed by atoms with E-state index in [1.165, 1.54) is 9.13 Å². The fourth-order valence-electron chi connectivity index (χ4n) is 3.46. The van der Waals surface area contributed by atoms with Crippen molar-refractivity contribution < 1.29 is 9.53 Å². The van der Waals surface area contributed by atoms with Crippen LogP contribution in [0.4, 0.5) is 0 Å². The highest BCUT2D eigenvalue weighted by atomic mass is 16.5. The largest absolute Gasteiger partial charge is 0.497 e. The summed E-state index contributed by atoms with van der Waals surface area (Å²) in [5, 5.41) is 2.96. The summed E-state index contributed by atoms with van der Waals surface area (Å²) < 4.78 is 8.14. The van der Waals surface area contributed by atoms with Gasteiger partial charge in [-0.1, -0.05) is 30.3 Å². The topological polar surface area (TPSA) is 78.1 Å². The van der Waals surface area contributed by atoms with E-state index in [1.807, 2.05) is 37.3 Å². The molecule has 1 unspecified atom stereocenters. The van der Waals surface area contributed by atoms with Gasteiger partial charge < -0.3 is 10.1 Å². The zero-order valence-electron chi connectivity index (χ0n) is 16.8. The molecule has 0 saturated carbocycles. The Labute approximate surface area is 173 Å². The number of methoxy groups -OCH3 is 1. The van der Waals surface area contributed by atoms with Crippen LogP contribution < -0.4 is 15.7 Å². The monoisotopic (exact) mass is 402 g/mol. The van der Waals surface area contributed by atoms with Crippen LogP contribution in [0.5, 0.6) is 5.75 Å². The van der Waals surface area contributed by atoms with E-state index in [0.717, 1.165) is 5.56 Å². The zero-order chi connectivity index (χ0) is 21.1. The van der Waals surface area contributed by atoms with Gasteiger partial charge in [0, 0.05) is 6.20 Å². The zero-order valence-corrected chi connectivity index (χ0v) is 16.8. The molecule has 4 aromatic rings. The number of rotatable bonds is 6. The quantitative estimate of drug-likeness (QED) is 0.538. The van der Waals surface area contributed by atoms with Crippen molar-refractivity contribution in [3.05, 3.63) is 89.0 Å². The standard InChI is InChI=1S/C23H22N4O3/c1-16(17-7-4-3-5-8-17)25-21(28)15-26-20-9-6-14-24-22(20)27(23(26)29)18-10-12-19(30-2)13-11-18/h3-14,16H,15H2,1-2H3,(H,25,28). The molecule has 2 aromatic carbocycles. The van der Waals surface area contributed by atoms with E-state index in [2.05, 4.69) is 10.3 Å². The van der Waals surface area contributed by atoms with Gasteiger partial charge in [0.25, 0.3) is 0 Å². The molecule has 2 aromatic heterocycles. The molecule has 0 aliphatic heterocycles. The second kappa shape index (κ2) is 8.24. The summed E-state index contributed by atoms with van der Waals surface area (Å²) in [7, 11) is 1.59. The average Bonchev–Trinajstić information content (AvgIpc) is 3.05. The number of amides is 1. The highest BCUT2D eigenvalue weighted by Crippen LogP contribution is 2.19. The Morgan fingerprint density at radius 3 is 2.50 bits per heavy atom. The molecule has 1 atom stereocenters. The van der Waals surface area contributed by atoms with Gasteiger partial charge in [0.1, 0.15) is 12.3 Å². The molecule has 7 heteroatoms. The number of aromatic nitrogens is 3. The van der Waals surface area contributed by atoms with E-state index in [9.17, 15) is 9.59 Å². The number of ether oxygens (including phenoxy) is 1. The van der Waals surface area contributed by atoms with Gasteiger partial charge in [0.05, 0.1) is 24.4 Å². The number of benzene rings is 2. The second-order valence-corrected chi connectivity index (χ2v) is 6.95. The second-order valence-electron chi connectivity index (χ2n) is 6.95. The molecule has 0 fully saturated rings. The van der Waals surface area contributed by atoms with Gasteiger partial charge in [0.2, 0.25) is 5.91 Å². The van der Waals surface area contributed by atoms with Gasteiger partial charge in [-0.15, -0.1) is 0 Å². The van der Waals surface area contributed by atoms with E-state index < -0.39 is 0 Å². The van der Waals surface area contributed by atoms with Crippen LogP contribution in [-0.2, 0) is 11.3 Å². The summed E-state index contributed by atoms with van der Waals surface area (Å²) in [6.07, 6.45) is 1.63. The summed E-state index contributed by atoms with van der Waals surface area (Å²) in [6.45, 7) is 1.82. The smallest absolute Gasteiger partial charge is 0.335 e. The first-order valence-corrected chi connectivity index (χ1v) is 9.63. The molecular formula is C23H22N4O3. The molecule has 0 bridgehead atoms. The predicted molar refractivity (Wildman–Crippen MR) is 115 cm³/mol. The lowest BCUT2D eigenvalue weighted by Crippen LogP contribution is -2.34. The highest BCUT2D eigenvalue weighted by Gasteiger charge is 2.18. The van der Waals surface area contributed by atoms with Crippen LogP contribution in [0.15, 0.2) is 77.7 Å². The number of hydrogen-bond donors (Lipinski definition) is 1. The fourth-order valence-corrected chi connectivity index (χ4v) is 3.46. The summed E-state index contributed by atoms with van der Waals surface area (Å²) in [5.41, 5.74) is 2.43. The molecule has 0 aliphatic carbocycles. The molecule has 1 N–H and O–H groups in total. The van der Waals surface area contributed by atoms with Crippen LogP contribution in [0.3, 0.4) is 0 Å². The van der Waals surface area contributed by atoms with Gasteiger partial charge >= 0.3 is 5.69 Å². The number of nitrogens with zero attached hydrogens (tertiary/aromatic N) is 3. The number of pyridine rings is 1. The van der Waals surface area contributed by atoms with Gasteiger partial charge in [-0.05, 0) is 48.9 Å². The van der Waals surface area contributed by atoms with Crippen molar-refractivity contribution in [3.63, 3.8) is 0 Å². The van der Waals surface area contributed by atoms with E-state index in [4.69, 9.17) is 4.74 Å². The molecule has 7 nitrogen and oxygen atoms in total. The van der Waals surface area contributed by atoms with Crippen molar-refractivity contribution in [2.75, 3.05) is 7.11 Å². The van der Waals surface area contributed by atoms with Crippen molar-refractivity contribution in [3.8, 4) is 11.4 Å². The van der Waals surface area contributed by atoms with Crippen molar-refractivity contribution in [1.82, 2.24) is 19.4 Å². The molecule has 0 saturated heterocycles. The van der Waals surface area contributed by atoms with Crippen LogP contribution in [0.25, 0.3) is 16.9 Å². The van der Waals surface area contributed by atoms with Crippen LogP contribution in [0, 0.1) is 0 Å². The maximum atomic E-state index is 13.2. The van der Waals surface area contributed by atoms with Gasteiger partial charge in [-0.25, -0.2) is 14.3 Å². The van der Waals surface area contributed by atoms with Gasteiger partial charge in [0.15, 0.2) is 5.65 Å². The highest BCUT2D eigenvalue weighted by molar-refractivity contribution is 5.80. The fraction of sp³-hybridized carbons (Fsp3) is 0.174. The maximum Gasteiger partial charge on any atom is 0.335 e. The average molecular weight is 402 g/mol. The molecule has 1 amide bonds. The molecule has 0 radical (unpaired) electrons. The lowest BCUT2D eigenvalue weighted by Gasteiger charge is -2.14. The number of carbonyl (C=O) groups excluding carboxylic acids is 1. The number of fused-ring (bicyclic) bond motifs is 1. The minimum absolute atomic E-state index is 0.0959. The predicted octanol–water partition coefficient (Wildman–Crippen LogP) is 3.07. The molecule has 4 rings (SSSR count). The Bertz CT molecular complexity index is 1230. The minimum atomic E-state index is -0.323. The van der Waals surface area contributed by atoms with Crippen LogP contribution in [0.2, 0.25) is 0 Å². The third-order valence-corrected chi connectivity index (χ3v) is 5.00. The van der Waals surface area contributed by atoms with E-state index in [-0.39, 0.29) is 24.2 Å². The number of hydrogen-bond acceptors (Lipinski definition) is 4. The van der Waals surface area contributed by atoms with Crippen molar-refractivity contribution in [1.29, 1.82) is 0 Å². The third-order valence-electron chi connectivity index (χ3n) is 5.00. The molecule has 30 heavy (non-hydrogen) atoms. The maximum absolute atomic E-state index is 13.2. The number of nitrogens with one attached hydrogen (secondary N) is 1. The van der Waals surface area contributed by atoms with E-state index in [0.29, 0.717) is 22.6 Å². The third kappa shape index (κ3) is 3.69. The first-order valence-electron chi connectivity index (χ1n) is 9.63. The number of imidazole rings is 1. The van der Waals surface area contributed by atoms with E-state index >= 15 is 0 Å². The SMILES string of the molecule is COc1ccc(-n2c(=O)n(CC(=O)NC(C)c3ccccc3)c3cccnc32)cc1. The minimum Gasteiger partial charge on any atom is -0.497 e. The van der Waals surface area contributed by atoms with E-state index in [1.54, 1.807) is 49.7 Å². The summed E-state index contributed by atoms with van der Waals surface area (Å²) in [4.78, 5) is 30.3. The first kappa shape index (κ1) is 19.4. The first-order chi connectivity index (χ1) is 14.6. The van der Waals surface area contributed by atoms with Crippen LogP contribution in [0.1, 0.15) is 18.5 Å². The normalized spacial score (nSPS) is 11.9. The Kier molecular flexibility index (Phi) is 5.34. The van der Waals surface area contributed by atoms with Crippen molar-refractivity contribution >= 4 is 17.1 Å². The lowest BCUT2D eigenvalue weighted by molar-refractivity contribution is -0.122. The molecule has 2 heterocycles. The lowest BCUT2D eigenvalue weighted by atomic mass is 10.1. The van der Waals surface area contributed by atoms with Gasteiger partial charge in [-0.2, -0.15) is 0 Å². The Morgan fingerprint density at radius 1 is 1.07 bits per heavy atom. The van der Waals surface area contributed by atoms with Crippen LogP contribution in [-0.4, -0.2) is 27.1 Å². The summed E-state index contributed by atoms with van der Waals surface area (Å²) in [5.74, 6) is 0.448. The molecule has 0 spiro atoms. The van der Waals surface area contributed by atoms with Crippen LogP contribution >= 0.6 is 0 Å². The van der Waals surface area contributed by atoms with Crippen molar-refractivity contribution in [2.24, 2.45) is 0 Å². The summed E-state index contributed by atoms with van der Waals surface area (Å²) in [6, 6.07) is 20.2.